The van der Waals surface area contributed by atoms with Crippen LogP contribution in [0.25, 0.3) is 0 Å². The minimum Gasteiger partial charge on any atom is -0.493 e. The van der Waals surface area contributed by atoms with Crippen molar-refractivity contribution in [3.63, 3.8) is 0 Å². The first-order chi connectivity index (χ1) is 11.6. The normalized spacial score (nSPS) is 12.1. The molecule has 0 bridgehead atoms. The van der Waals surface area contributed by atoms with Gasteiger partial charge in [-0.2, -0.15) is 0 Å². The molecule has 0 aliphatic carbocycles. The summed E-state index contributed by atoms with van der Waals surface area (Å²) in [6.45, 7) is 5.00. The number of aryl methyl sites for hydroxylation is 1. The second-order valence-corrected chi connectivity index (χ2v) is 7.89. The van der Waals surface area contributed by atoms with Gasteiger partial charge in [0.15, 0.2) is 11.5 Å². The third-order valence-electron chi connectivity index (χ3n) is 3.93. The molecule has 0 saturated carbocycles. The third kappa shape index (κ3) is 4.11. The summed E-state index contributed by atoms with van der Waals surface area (Å²) in [4.78, 5) is 0.0138. The SMILES string of the molecule is COc1ccc(C(C)(C)NS(=O)(=O)c2ccc(F)c(C)c2)cc1OC. The lowest BCUT2D eigenvalue weighted by molar-refractivity contribution is 0.352. The van der Waals surface area contributed by atoms with Crippen LogP contribution in [0.3, 0.4) is 0 Å². The van der Waals surface area contributed by atoms with Gasteiger partial charge < -0.3 is 9.47 Å². The average Bonchev–Trinajstić information content (AvgIpc) is 2.55. The van der Waals surface area contributed by atoms with Gasteiger partial charge >= 0.3 is 0 Å². The molecule has 1 N–H and O–H groups in total. The lowest BCUT2D eigenvalue weighted by atomic mass is 9.95. The van der Waals surface area contributed by atoms with Gasteiger partial charge in [-0.05, 0) is 62.2 Å². The molecule has 0 heterocycles. The number of ether oxygens (including phenoxy) is 2. The molecular weight excluding hydrogens is 345 g/mol. The average molecular weight is 367 g/mol. The molecule has 0 aliphatic rings. The van der Waals surface area contributed by atoms with E-state index in [0.717, 1.165) is 6.07 Å². The van der Waals surface area contributed by atoms with E-state index in [1.165, 1.54) is 33.3 Å². The molecule has 2 rings (SSSR count). The molecule has 2 aromatic rings. The van der Waals surface area contributed by atoms with Gasteiger partial charge in [0.1, 0.15) is 5.82 Å². The Kier molecular flexibility index (Phi) is 5.39. The first-order valence-electron chi connectivity index (χ1n) is 7.63. The fourth-order valence-electron chi connectivity index (χ4n) is 2.46. The number of sulfonamides is 1. The van der Waals surface area contributed by atoms with E-state index in [2.05, 4.69) is 4.72 Å². The first kappa shape index (κ1) is 19.2. The Morgan fingerprint density at radius 2 is 1.64 bits per heavy atom. The lowest BCUT2D eigenvalue weighted by Gasteiger charge is -2.27. The molecule has 0 saturated heterocycles. The number of hydrogen-bond donors (Lipinski definition) is 1. The Morgan fingerprint density at radius 3 is 2.20 bits per heavy atom. The van der Waals surface area contributed by atoms with Gasteiger partial charge in [0.2, 0.25) is 10.0 Å². The van der Waals surface area contributed by atoms with Crippen molar-refractivity contribution >= 4 is 10.0 Å². The number of methoxy groups -OCH3 is 2. The second-order valence-electron chi connectivity index (χ2n) is 6.21. The van der Waals surface area contributed by atoms with E-state index in [1.54, 1.807) is 32.0 Å². The molecule has 0 atom stereocenters. The van der Waals surface area contributed by atoms with Gasteiger partial charge in [0.05, 0.1) is 24.7 Å². The van der Waals surface area contributed by atoms with Crippen LogP contribution in [-0.2, 0) is 15.6 Å². The maximum atomic E-state index is 13.4. The van der Waals surface area contributed by atoms with Gasteiger partial charge in [-0.25, -0.2) is 17.5 Å². The molecule has 5 nitrogen and oxygen atoms in total. The summed E-state index contributed by atoms with van der Waals surface area (Å²) in [5, 5.41) is 0. The molecule has 7 heteroatoms. The maximum absolute atomic E-state index is 13.4. The predicted molar refractivity (Wildman–Crippen MR) is 94.0 cm³/mol. The standard InChI is InChI=1S/C18H22FNO4S/c1-12-10-14(7-8-15(12)19)25(21,22)20-18(2,3)13-6-9-16(23-4)17(11-13)24-5/h6-11,20H,1-5H3. The van der Waals surface area contributed by atoms with E-state index in [9.17, 15) is 12.8 Å². The second kappa shape index (κ2) is 7.01. The number of benzene rings is 2. The predicted octanol–water partition coefficient (Wildman–Crippen LogP) is 3.36. The van der Waals surface area contributed by atoms with Crippen LogP contribution in [0.5, 0.6) is 11.5 Å². The summed E-state index contributed by atoms with van der Waals surface area (Å²) in [5.74, 6) is 0.613. The molecule has 25 heavy (non-hydrogen) atoms. The Bertz CT molecular complexity index is 879. The van der Waals surface area contributed by atoms with E-state index in [1.807, 2.05) is 0 Å². The summed E-state index contributed by atoms with van der Waals surface area (Å²) < 4.78 is 51.9. The van der Waals surface area contributed by atoms with Gasteiger partial charge in [-0.1, -0.05) is 6.07 Å². The van der Waals surface area contributed by atoms with Crippen molar-refractivity contribution in [2.75, 3.05) is 14.2 Å². The largest absolute Gasteiger partial charge is 0.493 e. The number of rotatable bonds is 6. The third-order valence-corrected chi connectivity index (χ3v) is 5.59. The summed E-state index contributed by atoms with van der Waals surface area (Å²) in [7, 11) is -0.785. The van der Waals surface area contributed by atoms with Crippen molar-refractivity contribution in [1.82, 2.24) is 4.72 Å². The molecule has 0 aromatic heterocycles. The van der Waals surface area contributed by atoms with Gasteiger partial charge in [0, 0.05) is 0 Å². The van der Waals surface area contributed by atoms with Crippen LogP contribution in [-0.4, -0.2) is 22.6 Å². The number of halogens is 1. The Balaban J connectivity index is 2.38. The van der Waals surface area contributed by atoms with Crippen LogP contribution in [0.4, 0.5) is 4.39 Å². The molecular formula is C18H22FNO4S. The van der Waals surface area contributed by atoms with Crippen LogP contribution < -0.4 is 14.2 Å². The van der Waals surface area contributed by atoms with Gasteiger partial charge in [0.25, 0.3) is 0 Å². The molecule has 136 valence electrons. The van der Waals surface area contributed by atoms with Gasteiger partial charge in [-0.3, -0.25) is 0 Å². The highest BCUT2D eigenvalue weighted by atomic mass is 32.2. The fourth-order valence-corrected chi connectivity index (χ4v) is 3.95. The fraction of sp³-hybridized carbons (Fsp3) is 0.333. The minimum atomic E-state index is -3.83. The van der Waals surface area contributed by atoms with E-state index < -0.39 is 21.4 Å². The topological polar surface area (TPSA) is 64.6 Å². The zero-order valence-corrected chi connectivity index (χ0v) is 15.7. The maximum Gasteiger partial charge on any atom is 0.241 e. The van der Waals surface area contributed by atoms with Crippen molar-refractivity contribution in [3.05, 3.63) is 53.3 Å². The molecule has 0 fully saturated rings. The first-order valence-corrected chi connectivity index (χ1v) is 9.11. The molecule has 0 spiro atoms. The smallest absolute Gasteiger partial charge is 0.241 e. The minimum absolute atomic E-state index is 0.0138. The summed E-state index contributed by atoms with van der Waals surface area (Å²) in [6.07, 6.45) is 0. The van der Waals surface area contributed by atoms with Crippen LogP contribution in [0.2, 0.25) is 0 Å². The van der Waals surface area contributed by atoms with Crippen LogP contribution >= 0.6 is 0 Å². The Labute approximate surface area is 147 Å². The Hall–Kier alpha value is -2.12. The van der Waals surface area contributed by atoms with E-state index in [-0.39, 0.29) is 10.5 Å². The molecule has 0 radical (unpaired) electrons. The Morgan fingerprint density at radius 1 is 1.00 bits per heavy atom. The lowest BCUT2D eigenvalue weighted by Crippen LogP contribution is -2.40. The number of hydrogen-bond acceptors (Lipinski definition) is 4. The highest BCUT2D eigenvalue weighted by molar-refractivity contribution is 7.89. The van der Waals surface area contributed by atoms with E-state index in [4.69, 9.17) is 9.47 Å². The monoisotopic (exact) mass is 367 g/mol. The zero-order valence-electron chi connectivity index (χ0n) is 14.9. The summed E-state index contributed by atoms with van der Waals surface area (Å²) >= 11 is 0. The summed E-state index contributed by atoms with van der Waals surface area (Å²) in [6, 6.07) is 8.90. The van der Waals surface area contributed by atoms with Gasteiger partial charge in [-0.15, -0.1) is 0 Å². The van der Waals surface area contributed by atoms with Crippen molar-refractivity contribution in [3.8, 4) is 11.5 Å². The molecule has 0 unspecified atom stereocenters. The number of nitrogens with one attached hydrogen (secondary N) is 1. The van der Waals surface area contributed by atoms with Crippen molar-refractivity contribution in [1.29, 1.82) is 0 Å². The van der Waals surface area contributed by atoms with E-state index >= 15 is 0 Å². The highest BCUT2D eigenvalue weighted by Crippen LogP contribution is 2.33. The van der Waals surface area contributed by atoms with Crippen LogP contribution in [0, 0.1) is 12.7 Å². The van der Waals surface area contributed by atoms with Crippen molar-refractivity contribution in [2.45, 2.75) is 31.2 Å². The van der Waals surface area contributed by atoms with E-state index in [0.29, 0.717) is 17.1 Å². The molecule has 2 aromatic carbocycles. The van der Waals surface area contributed by atoms with Crippen LogP contribution in [0.15, 0.2) is 41.3 Å². The van der Waals surface area contributed by atoms with Crippen LogP contribution in [0.1, 0.15) is 25.0 Å². The zero-order chi connectivity index (χ0) is 18.8. The van der Waals surface area contributed by atoms with Crippen molar-refractivity contribution in [2.24, 2.45) is 0 Å². The molecule has 0 amide bonds. The highest BCUT2D eigenvalue weighted by Gasteiger charge is 2.29. The van der Waals surface area contributed by atoms with Crippen molar-refractivity contribution < 1.29 is 22.3 Å². The quantitative estimate of drug-likeness (QED) is 0.850. The molecule has 0 aliphatic heterocycles. The summed E-state index contributed by atoms with van der Waals surface area (Å²) in [5.41, 5.74) is 0.0556.